The molecule has 1 fully saturated rings. The van der Waals surface area contributed by atoms with Crippen LogP contribution in [-0.2, 0) is 11.3 Å². The van der Waals surface area contributed by atoms with E-state index in [1.54, 1.807) is 0 Å². The van der Waals surface area contributed by atoms with Crippen LogP contribution in [0.15, 0.2) is 115 Å². The molecule has 0 aliphatic carbocycles. The number of likely N-dealkylation sites (tertiary alicyclic amines) is 1. The van der Waals surface area contributed by atoms with Gasteiger partial charge in [-0.1, -0.05) is 103 Å². The van der Waals surface area contributed by atoms with Gasteiger partial charge in [-0.05, 0) is 79.2 Å². The highest BCUT2D eigenvalue weighted by atomic mass is 16.4. The third-order valence-corrected chi connectivity index (χ3v) is 8.13. The van der Waals surface area contributed by atoms with Crippen molar-refractivity contribution in [2.45, 2.75) is 37.6 Å². The molecule has 1 heterocycles. The minimum absolute atomic E-state index is 0.0358. The fourth-order valence-corrected chi connectivity index (χ4v) is 5.87. The molecule has 0 atom stereocenters. The van der Waals surface area contributed by atoms with E-state index >= 15 is 0 Å². The maximum Gasteiger partial charge on any atom is 0.412 e. The number of nitrogens with zero attached hydrogens (tertiary/aromatic N) is 2. The Morgan fingerprint density at radius 2 is 1.40 bits per heavy atom. The van der Waals surface area contributed by atoms with Gasteiger partial charge in [0.1, 0.15) is 0 Å². The topological polar surface area (TPSA) is 72.9 Å². The van der Waals surface area contributed by atoms with Crippen LogP contribution in [-0.4, -0.2) is 48.2 Å². The summed E-state index contributed by atoms with van der Waals surface area (Å²) in [7, 11) is 0. The Hall–Kier alpha value is -4.42. The molecule has 5 rings (SSSR count). The van der Waals surface area contributed by atoms with Gasteiger partial charge >= 0.3 is 6.09 Å². The third-order valence-electron chi connectivity index (χ3n) is 8.13. The van der Waals surface area contributed by atoms with E-state index in [-0.39, 0.29) is 11.8 Å². The normalized spacial score (nSPS) is 14.0. The van der Waals surface area contributed by atoms with E-state index in [2.05, 4.69) is 16.3 Å². The maximum atomic E-state index is 13.3. The summed E-state index contributed by atoms with van der Waals surface area (Å²) in [4.78, 5) is 29.2. The molecule has 0 spiro atoms. The van der Waals surface area contributed by atoms with Gasteiger partial charge in [0.15, 0.2) is 0 Å². The van der Waals surface area contributed by atoms with Crippen LogP contribution < -0.4 is 10.2 Å². The first-order valence-corrected chi connectivity index (χ1v) is 14.8. The lowest BCUT2D eigenvalue weighted by atomic mass is 9.89. The van der Waals surface area contributed by atoms with Gasteiger partial charge in [0.05, 0.1) is 12.5 Å². The molecule has 42 heavy (non-hydrogen) atoms. The molecule has 1 saturated heterocycles. The minimum atomic E-state index is -0.947. The van der Waals surface area contributed by atoms with Gasteiger partial charge in [0.2, 0.25) is 5.91 Å². The Balaban J connectivity index is 1.10. The average molecular weight is 562 g/mol. The number of carbonyl (C=O) groups is 2. The molecule has 2 N–H and O–H groups in total. The van der Waals surface area contributed by atoms with Gasteiger partial charge in [-0.15, -0.1) is 0 Å². The number of nitrogens with one attached hydrogen (secondary N) is 1. The molecule has 6 heteroatoms. The van der Waals surface area contributed by atoms with E-state index in [9.17, 15) is 14.7 Å². The molecule has 1 aliphatic rings. The molecular formula is C36H39N3O3. The predicted octanol–water partition coefficient (Wildman–Crippen LogP) is 6.89. The number of amides is 2. The highest BCUT2D eigenvalue weighted by Crippen LogP contribution is 2.31. The Morgan fingerprint density at radius 1 is 0.810 bits per heavy atom. The fraction of sp³-hybridized carbons (Fsp3) is 0.278. The molecule has 0 aromatic heterocycles. The molecule has 6 nitrogen and oxygen atoms in total. The van der Waals surface area contributed by atoms with E-state index in [1.165, 1.54) is 10.5 Å². The first-order valence-electron chi connectivity index (χ1n) is 14.8. The van der Waals surface area contributed by atoms with Crippen LogP contribution in [0.1, 0.15) is 53.4 Å². The van der Waals surface area contributed by atoms with Crippen LogP contribution in [0.25, 0.3) is 0 Å². The largest absolute Gasteiger partial charge is 0.465 e. The number of carboxylic acid groups (broad SMARTS) is 1. The lowest BCUT2D eigenvalue weighted by molar-refractivity contribution is -0.121. The van der Waals surface area contributed by atoms with Crippen molar-refractivity contribution < 1.29 is 14.7 Å². The molecule has 216 valence electrons. The summed E-state index contributed by atoms with van der Waals surface area (Å²) in [5.74, 6) is 0.128. The molecule has 0 saturated carbocycles. The number of rotatable bonds is 11. The van der Waals surface area contributed by atoms with Crippen molar-refractivity contribution in [1.82, 2.24) is 10.2 Å². The zero-order valence-electron chi connectivity index (χ0n) is 23.9. The molecular weight excluding hydrogens is 522 g/mol. The Labute approximate surface area is 248 Å². The lowest BCUT2D eigenvalue weighted by Gasteiger charge is -2.32. The minimum Gasteiger partial charge on any atom is -0.465 e. The summed E-state index contributed by atoms with van der Waals surface area (Å²) in [5, 5.41) is 13.1. The second-order valence-corrected chi connectivity index (χ2v) is 11.0. The van der Waals surface area contributed by atoms with Crippen LogP contribution >= 0.6 is 0 Å². The number of hydrogen-bond donors (Lipinski definition) is 2. The summed E-state index contributed by atoms with van der Waals surface area (Å²) in [6, 6.07) is 37.6. The number of piperidine rings is 1. The van der Waals surface area contributed by atoms with Crippen LogP contribution in [0, 0.1) is 0 Å². The molecule has 0 bridgehead atoms. The van der Waals surface area contributed by atoms with Crippen LogP contribution in [0.4, 0.5) is 10.5 Å². The van der Waals surface area contributed by atoms with E-state index in [0.29, 0.717) is 24.7 Å². The van der Waals surface area contributed by atoms with Crippen molar-refractivity contribution in [3.8, 4) is 0 Å². The van der Waals surface area contributed by atoms with E-state index in [1.807, 2.05) is 109 Å². The van der Waals surface area contributed by atoms with E-state index in [4.69, 9.17) is 0 Å². The van der Waals surface area contributed by atoms with Crippen molar-refractivity contribution in [1.29, 1.82) is 0 Å². The zero-order chi connectivity index (χ0) is 29.1. The van der Waals surface area contributed by atoms with Gasteiger partial charge in [-0.25, -0.2) is 4.79 Å². The van der Waals surface area contributed by atoms with Crippen molar-refractivity contribution in [2.24, 2.45) is 0 Å². The Bertz CT molecular complexity index is 1380. The van der Waals surface area contributed by atoms with Crippen LogP contribution in [0.3, 0.4) is 0 Å². The molecule has 2 amide bonds. The van der Waals surface area contributed by atoms with Crippen LogP contribution in [0.2, 0.25) is 0 Å². The van der Waals surface area contributed by atoms with Crippen molar-refractivity contribution in [3.05, 3.63) is 138 Å². The van der Waals surface area contributed by atoms with Gasteiger partial charge in [-0.2, -0.15) is 0 Å². The van der Waals surface area contributed by atoms with Crippen molar-refractivity contribution >= 4 is 17.7 Å². The van der Waals surface area contributed by atoms with Gasteiger partial charge < -0.3 is 15.3 Å². The zero-order valence-corrected chi connectivity index (χ0v) is 23.9. The summed E-state index contributed by atoms with van der Waals surface area (Å²) in [6.45, 7) is 3.89. The fourth-order valence-electron chi connectivity index (χ4n) is 5.87. The van der Waals surface area contributed by atoms with Gasteiger partial charge in [-0.3, -0.25) is 9.69 Å². The number of carbonyl (C=O) groups excluding carboxylic acids is 1. The smallest absolute Gasteiger partial charge is 0.412 e. The Kier molecular flexibility index (Phi) is 10.0. The SMILES string of the molecule is O=C(NCCCN1CCC(c2cccc(N(Cc3ccccc3)C(=O)O)c2)CC1)C(c1ccccc1)c1ccccc1. The Morgan fingerprint density at radius 3 is 2.00 bits per heavy atom. The molecule has 0 unspecified atom stereocenters. The predicted molar refractivity (Wildman–Crippen MR) is 168 cm³/mol. The average Bonchev–Trinajstić information content (AvgIpc) is 3.04. The standard InChI is InChI=1S/C36H39N3O3/c40-35(34(30-14-6-2-7-15-30)31-16-8-3-9-17-31)37-22-11-23-38-24-20-29(21-25-38)32-18-10-19-33(26-32)39(36(41)42)27-28-12-4-1-5-13-28/h1-10,12-19,26,29,34H,11,20-25,27H2,(H,37,40)(H,41,42). The van der Waals surface area contributed by atoms with E-state index in [0.717, 1.165) is 55.6 Å². The summed E-state index contributed by atoms with van der Waals surface area (Å²) < 4.78 is 0. The monoisotopic (exact) mass is 561 g/mol. The van der Waals surface area contributed by atoms with Crippen molar-refractivity contribution in [3.63, 3.8) is 0 Å². The van der Waals surface area contributed by atoms with Gasteiger partial charge in [0.25, 0.3) is 0 Å². The lowest BCUT2D eigenvalue weighted by Crippen LogP contribution is -2.36. The quantitative estimate of drug-likeness (QED) is 0.196. The molecule has 0 radical (unpaired) electrons. The summed E-state index contributed by atoms with van der Waals surface area (Å²) >= 11 is 0. The second kappa shape index (κ2) is 14.5. The number of hydrogen-bond acceptors (Lipinski definition) is 3. The maximum absolute atomic E-state index is 13.3. The highest BCUT2D eigenvalue weighted by Gasteiger charge is 2.24. The molecule has 4 aromatic rings. The summed E-state index contributed by atoms with van der Waals surface area (Å²) in [6.07, 6.45) is 2.02. The number of anilines is 1. The molecule has 4 aromatic carbocycles. The third kappa shape index (κ3) is 7.65. The molecule has 1 aliphatic heterocycles. The number of benzene rings is 4. The van der Waals surface area contributed by atoms with Crippen molar-refractivity contribution in [2.75, 3.05) is 31.1 Å². The second-order valence-electron chi connectivity index (χ2n) is 11.0. The van der Waals surface area contributed by atoms with Crippen LogP contribution in [0.5, 0.6) is 0 Å². The van der Waals surface area contributed by atoms with Gasteiger partial charge in [0, 0.05) is 12.2 Å². The first kappa shape index (κ1) is 29.1. The highest BCUT2D eigenvalue weighted by molar-refractivity contribution is 5.87. The summed E-state index contributed by atoms with van der Waals surface area (Å²) in [5.41, 5.74) is 4.88. The van der Waals surface area contributed by atoms with E-state index < -0.39 is 6.09 Å². The first-order chi connectivity index (χ1) is 20.6.